The van der Waals surface area contributed by atoms with Gasteiger partial charge in [-0.15, -0.1) is 0 Å². The van der Waals surface area contributed by atoms with Crippen LogP contribution in [-0.4, -0.2) is 43.2 Å². The highest BCUT2D eigenvalue weighted by molar-refractivity contribution is 5.94. The second-order valence-electron chi connectivity index (χ2n) is 5.75. The van der Waals surface area contributed by atoms with Gasteiger partial charge in [0.05, 0.1) is 19.3 Å². The van der Waals surface area contributed by atoms with Crippen LogP contribution in [0.15, 0.2) is 54.6 Å². The number of hydrogen-bond acceptors (Lipinski definition) is 4. The van der Waals surface area contributed by atoms with Crippen molar-refractivity contribution < 1.29 is 14.3 Å². The first-order chi connectivity index (χ1) is 11.7. The topological polar surface area (TPSA) is 50.8 Å². The normalized spacial score (nSPS) is 16.4. The number of nitrogens with one attached hydrogen (secondary N) is 1. The second kappa shape index (κ2) is 7.95. The molecule has 0 spiro atoms. The summed E-state index contributed by atoms with van der Waals surface area (Å²) >= 11 is 0. The zero-order chi connectivity index (χ0) is 16.8. The van der Waals surface area contributed by atoms with Gasteiger partial charge in [-0.1, -0.05) is 18.2 Å². The molecule has 1 aliphatic rings. The number of hydrogen-bond donors (Lipinski definition) is 1. The minimum absolute atomic E-state index is 0.00590. The van der Waals surface area contributed by atoms with Crippen molar-refractivity contribution in [2.24, 2.45) is 0 Å². The fourth-order valence-electron chi connectivity index (χ4n) is 2.61. The van der Waals surface area contributed by atoms with Crippen LogP contribution in [0.3, 0.4) is 0 Å². The molecule has 1 aliphatic heterocycles. The Morgan fingerprint density at radius 2 is 1.67 bits per heavy atom. The minimum atomic E-state index is -0.172. The summed E-state index contributed by atoms with van der Waals surface area (Å²) in [4.78, 5) is 14.5. The fourth-order valence-corrected chi connectivity index (χ4v) is 2.61. The first-order valence-electron chi connectivity index (χ1n) is 8.18. The molecule has 1 amide bonds. The molecule has 1 fully saturated rings. The van der Waals surface area contributed by atoms with E-state index >= 15 is 0 Å². The number of benzene rings is 2. The molecule has 1 atom stereocenters. The maximum absolute atomic E-state index is 12.4. The van der Waals surface area contributed by atoms with E-state index in [-0.39, 0.29) is 11.9 Å². The minimum Gasteiger partial charge on any atom is -0.457 e. The Morgan fingerprint density at radius 3 is 2.33 bits per heavy atom. The van der Waals surface area contributed by atoms with Crippen molar-refractivity contribution in [2.45, 2.75) is 13.0 Å². The Bertz CT molecular complexity index is 652. The fraction of sp³-hybridized carbons (Fsp3) is 0.316. The third kappa shape index (κ3) is 4.34. The molecule has 1 heterocycles. The molecule has 5 nitrogen and oxygen atoms in total. The lowest BCUT2D eigenvalue weighted by Crippen LogP contribution is -2.47. The van der Waals surface area contributed by atoms with Gasteiger partial charge in [0.2, 0.25) is 5.91 Å². The van der Waals surface area contributed by atoms with Gasteiger partial charge in [0.1, 0.15) is 11.5 Å². The molecular weight excluding hydrogens is 304 g/mol. The van der Waals surface area contributed by atoms with Crippen LogP contribution in [0.4, 0.5) is 5.69 Å². The number of carbonyl (C=O) groups excluding carboxylic acids is 1. The van der Waals surface area contributed by atoms with Gasteiger partial charge in [-0.05, 0) is 43.3 Å². The number of amides is 1. The number of morpholine rings is 1. The van der Waals surface area contributed by atoms with Crippen molar-refractivity contribution in [1.29, 1.82) is 0 Å². The number of ether oxygens (including phenoxy) is 2. The van der Waals surface area contributed by atoms with E-state index in [0.717, 1.165) is 30.3 Å². The van der Waals surface area contributed by atoms with Gasteiger partial charge in [0.15, 0.2) is 0 Å². The Morgan fingerprint density at radius 1 is 1.04 bits per heavy atom. The first-order valence-corrected chi connectivity index (χ1v) is 8.18. The number of nitrogens with zero attached hydrogens (tertiary/aromatic N) is 1. The number of carbonyl (C=O) groups is 1. The van der Waals surface area contributed by atoms with Crippen molar-refractivity contribution in [2.75, 3.05) is 31.6 Å². The van der Waals surface area contributed by atoms with Crippen molar-refractivity contribution in [3.8, 4) is 11.5 Å². The van der Waals surface area contributed by atoms with Crippen LogP contribution >= 0.6 is 0 Å². The van der Waals surface area contributed by atoms with Crippen LogP contribution in [0.5, 0.6) is 11.5 Å². The van der Waals surface area contributed by atoms with E-state index in [1.807, 2.05) is 61.5 Å². The average Bonchev–Trinajstić information content (AvgIpc) is 2.64. The van der Waals surface area contributed by atoms with Gasteiger partial charge in [-0.2, -0.15) is 0 Å². The van der Waals surface area contributed by atoms with E-state index in [0.29, 0.717) is 13.2 Å². The summed E-state index contributed by atoms with van der Waals surface area (Å²) in [5.74, 6) is 1.52. The van der Waals surface area contributed by atoms with Gasteiger partial charge in [-0.3, -0.25) is 9.69 Å². The molecule has 1 unspecified atom stereocenters. The van der Waals surface area contributed by atoms with Crippen molar-refractivity contribution in [3.05, 3.63) is 54.6 Å². The highest BCUT2D eigenvalue weighted by atomic mass is 16.5. The summed E-state index contributed by atoms with van der Waals surface area (Å²) in [5, 5.41) is 2.95. The lowest BCUT2D eigenvalue weighted by Gasteiger charge is -2.31. The molecule has 0 aromatic heterocycles. The first kappa shape index (κ1) is 16.5. The number of rotatable bonds is 5. The van der Waals surface area contributed by atoms with E-state index < -0.39 is 0 Å². The Balaban J connectivity index is 1.56. The third-order valence-electron chi connectivity index (χ3n) is 4.07. The zero-order valence-electron chi connectivity index (χ0n) is 13.8. The van der Waals surface area contributed by atoms with Crippen LogP contribution < -0.4 is 10.1 Å². The zero-order valence-corrected chi connectivity index (χ0v) is 13.8. The van der Waals surface area contributed by atoms with Crippen molar-refractivity contribution >= 4 is 11.6 Å². The van der Waals surface area contributed by atoms with Crippen LogP contribution in [0.1, 0.15) is 6.92 Å². The Kier molecular flexibility index (Phi) is 5.46. The van der Waals surface area contributed by atoms with Crippen LogP contribution in [0, 0.1) is 0 Å². The van der Waals surface area contributed by atoms with Gasteiger partial charge >= 0.3 is 0 Å². The van der Waals surface area contributed by atoms with E-state index in [1.165, 1.54) is 0 Å². The molecule has 1 N–H and O–H groups in total. The largest absolute Gasteiger partial charge is 0.457 e. The standard InChI is InChI=1S/C19H22N2O3/c1-15(21-11-13-23-14-12-21)19(22)20-16-7-9-18(10-8-16)24-17-5-3-2-4-6-17/h2-10,15H,11-14H2,1H3,(H,20,22). The molecule has 0 bridgehead atoms. The summed E-state index contributed by atoms with van der Waals surface area (Å²) in [5.41, 5.74) is 0.764. The number of anilines is 1. The van der Waals surface area contributed by atoms with E-state index in [4.69, 9.17) is 9.47 Å². The highest BCUT2D eigenvalue weighted by Crippen LogP contribution is 2.22. The van der Waals surface area contributed by atoms with Crippen LogP contribution in [0.25, 0.3) is 0 Å². The SMILES string of the molecule is CC(C(=O)Nc1ccc(Oc2ccccc2)cc1)N1CCOCC1. The lowest BCUT2D eigenvalue weighted by molar-refractivity contribution is -0.122. The molecule has 0 aliphatic carbocycles. The quantitative estimate of drug-likeness (QED) is 0.917. The summed E-state index contributed by atoms with van der Waals surface area (Å²) in [6.45, 7) is 4.87. The van der Waals surface area contributed by atoms with Crippen molar-refractivity contribution in [1.82, 2.24) is 4.90 Å². The molecular formula is C19H22N2O3. The molecule has 1 saturated heterocycles. The molecule has 24 heavy (non-hydrogen) atoms. The molecule has 126 valence electrons. The summed E-state index contributed by atoms with van der Waals surface area (Å²) in [6, 6.07) is 16.8. The van der Waals surface area contributed by atoms with Gasteiger partial charge < -0.3 is 14.8 Å². The predicted molar refractivity (Wildman–Crippen MR) is 93.4 cm³/mol. The molecule has 0 radical (unpaired) electrons. The Hall–Kier alpha value is -2.37. The molecule has 3 rings (SSSR count). The molecule has 2 aromatic rings. The summed E-state index contributed by atoms with van der Waals surface area (Å²) in [7, 11) is 0. The van der Waals surface area contributed by atoms with Crippen LogP contribution in [-0.2, 0) is 9.53 Å². The van der Waals surface area contributed by atoms with Gasteiger partial charge in [0.25, 0.3) is 0 Å². The summed E-state index contributed by atoms with van der Waals surface area (Å²) in [6.07, 6.45) is 0. The molecule has 2 aromatic carbocycles. The van der Waals surface area contributed by atoms with Crippen molar-refractivity contribution in [3.63, 3.8) is 0 Å². The van der Waals surface area contributed by atoms with E-state index in [2.05, 4.69) is 10.2 Å². The third-order valence-corrected chi connectivity index (χ3v) is 4.07. The molecule has 0 saturated carbocycles. The van der Waals surface area contributed by atoms with E-state index in [9.17, 15) is 4.79 Å². The highest BCUT2D eigenvalue weighted by Gasteiger charge is 2.23. The smallest absolute Gasteiger partial charge is 0.241 e. The summed E-state index contributed by atoms with van der Waals surface area (Å²) < 4.78 is 11.1. The average molecular weight is 326 g/mol. The second-order valence-corrected chi connectivity index (χ2v) is 5.75. The maximum Gasteiger partial charge on any atom is 0.241 e. The predicted octanol–water partition coefficient (Wildman–Crippen LogP) is 3.14. The van der Waals surface area contributed by atoms with Gasteiger partial charge in [0, 0.05) is 18.8 Å². The molecule has 5 heteroatoms. The maximum atomic E-state index is 12.4. The van der Waals surface area contributed by atoms with Crippen LogP contribution in [0.2, 0.25) is 0 Å². The Labute approximate surface area is 142 Å². The number of para-hydroxylation sites is 1. The monoisotopic (exact) mass is 326 g/mol. The van der Waals surface area contributed by atoms with E-state index in [1.54, 1.807) is 0 Å². The van der Waals surface area contributed by atoms with Gasteiger partial charge in [-0.25, -0.2) is 0 Å². The lowest BCUT2D eigenvalue weighted by atomic mass is 10.2.